The van der Waals surface area contributed by atoms with Gasteiger partial charge in [0.2, 0.25) is 0 Å². The first-order valence-electron chi connectivity index (χ1n) is 4.25. The zero-order valence-corrected chi connectivity index (χ0v) is 10.7. The van der Waals surface area contributed by atoms with Crippen LogP contribution in [0.25, 0.3) is 0 Å². The molecule has 0 amide bonds. The Kier molecular flexibility index (Phi) is 5.93. The van der Waals surface area contributed by atoms with Gasteiger partial charge < -0.3 is 4.42 Å². The van der Waals surface area contributed by atoms with Gasteiger partial charge in [0.15, 0.2) is 11.5 Å². The van der Waals surface area contributed by atoms with Gasteiger partial charge in [0.1, 0.15) is 5.76 Å². The standard InChI is InChI=1S/C10H14O2.Ca/c1-4-5-9(11)10-6-7(2)8(3)12-10;/h6H,4-5H2,1-3H3;/q;+2. The third-order valence-corrected chi connectivity index (χ3v) is 1.92. The van der Waals surface area contributed by atoms with Gasteiger partial charge in [-0.1, -0.05) is 6.92 Å². The molecule has 1 aromatic heterocycles. The molecular weight excluding hydrogens is 192 g/mol. The monoisotopic (exact) mass is 206 g/mol. The second-order valence-corrected chi connectivity index (χ2v) is 3.02. The van der Waals surface area contributed by atoms with Crippen LogP contribution < -0.4 is 0 Å². The molecule has 0 saturated carbocycles. The van der Waals surface area contributed by atoms with Gasteiger partial charge in [0.05, 0.1) is 0 Å². The van der Waals surface area contributed by atoms with Crippen molar-refractivity contribution in [2.24, 2.45) is 0 Å². The van der Waals surface area contributed by atoms with Crippen LogP contribution in [0.4, 0.5) is 0 Å². The van der Waals surface area contributed by atoms with Crippen molar-refractivity contribution < 1.29 is 9.21 Å². The third-order valence-electron chi connectivity index (χ3n) is 1.92. The smallest absolute Gasteiger partial charge is 0.458 e. The second-order valence-electron chi connectivity index (χ2n) is 3.02. The topological polar surface area (TPSA) is 30.2 Å². The minimum absolute atomic E-state index is 0. The first-order valence-corrected chi connectivity index (χ1v) is 4.25. The average molecular weight is 206 g/mol. The van der Waals surface area contributed by atoms with Gasteiger partial charge in [0.25, 0.3) is 0 Å². The molecule has 0 N–H and O–H groups in total. The van der Waals surface area contributed by atoms with Crippen molar-refractivity contribution in [3.8, 4) is 0 Å². The summed E-state index contributed by atoms with van der Waals surface area (Å²) in [5.74, 6) is 1.45. The van der Waals surface area contributed by atoms with E-state index in [9.17, 15) is 4.79 Å². The van der Waals surface area contributed by atoms with E-state index in [2.05, 4.69) is 0 Å². The predicted octanol–water partition coefficient (Wildman–Crippen LogP) is 2.50. The van der Waals surface area contributed by atoms with Crippen LogP contribution in [0.2, 0.25) is 0 Å². The zero-order chi connectivity index (χ0) is 9.14. The molecule has 0 aliphatic heterocycles. The van der Waals surface area contributed by atoms with Crippen LogP contribution in [0.1, 0.15) is 41.6 Å². The van der Waals surface area contributed by atoms with Crippen LogP contribution in [0.3, 0.4) is 0 Å². The Morgan fingerprint density at radius 3 is 2.46 bits per heavy atom. The molecule has 0 aliphatic carbocycles. The quantitative estimate of drug-likeness (QED) is 0.562. The van der Waals surface area contributed by atoms with E-state index in [0.717, 1.165) is 17.7 Å². The normalized spacial score (nSPS) is 9.46. The van der Waals surface area contributed by atoms with Crippen molar-refractivity contribution in [1.29, 1.82) is 0 Å². The zero-order valence-electron chi connectivity index (χ0n) is 8.52. The van der Waals surface area contributed by atoms with E-state index in [1.807, 2.05) is 26.8 Å². The predicted molar refractivity (Wildman–Crippen MR) is 53.2 cm³/mol. The molecule has 0 radical (unpaired) electrons. The summed E-state index contributed by atoms with van der Waals surface area (Å²) in [5, 5.41) is 0. The van der Waals surface area contributed by atoms with E-state index in [1.165, 1.54) is 0 Å². The fourth-order valence-corrected chi connectivity index (χ4v) is 1.06. The van der Waals surface area contributed by atoms with Crippen LogP contribution in [-0.4, -0.2) is 43.5 Å². The van der Waals surface area contributed by atoms with Crippen molar-refractivity contribution in [3.63, 3.8) is 0 Å². The summed E-state index contributed by atoms with van der Waals surface area (Å²) in [6, 6.07) is 1.81. The summed E-state index contributed by atoms with van der Waals surface area (Å²) < 4.78 is 5.28. The molecule has 3 heteroatoms. The summed E-state index contributed by atoms with van der Waals surface area (Å²) in [7, 11) is 0. The third kappa shape index (κ3) is 3.45. The molecule has 0 aliphatic rings. The van der Waals surface area contributed by atoms with Gasteiger partial charge in [-0.05, 0) is 31.9 Å². The first-order chi connectivity index (χ1) is 5.65. The Morgan fingerprint density at radius 2 is 2.08 bits per heavy atom. The van der Waals surface area contributed by atoms with Crippen molar-refractivity contribution in [3.05, 3.63) is 23.2 Å². The summed E-state index contributed by atoms with van der Waals surface area (Å²) >= 11 is 0. The maximum Gasteiger partial charge on any atom is 2.00 e. The summed E-state index contributed by atoms with van der Waals surface area (Å²) in [4.78, 5) is 11.3. The molecule has 1 heterocycles. The maximum atomic E-state index is 11.3. The Labute approximate surface area is 109 Å². The molecule has 0 saturated heterocycles. The minimum Gasteiger partial charge on any atom is -0.458 e. The summed E-state index contributed by atoms with van der Waals surface area (Å²) in [6.45, 7) is 5.81. The SMILES string of the molecule is CCCC(=O)c1cc(C)c(C)o1.[Ca+2]. The maximum absolute atomic E-state index is 11.3. The van der Waals surface area contributed by atoms with Gasteiger partial charge in [-0.25, -0.2) is 0 Å². The molecule has 2 nitrogen and oxygen atoms in total. The second kappa shape index (κ2) is 5.84. The Hall–Kier alpha value is 0.210. The molecule has 0 bridgehead atoms. The molecular formula is C10H14CaO2+2. The number of aryl methyl sites for hydroxylation is 2. The van der Waals surface area contributed by atoms with Crippen molar-refractivity contribution in [2.75, 3.05) is 0 Å². The van der Waals surface area contributed by atoms with Crippen molar-refractivity contribution in [1.82, 2.24) is 0 Å². The number of hydrogen-bond donors (Lipinski definition) is 0. The molecule has 0 fully saturated rings. The molecule has 0 unspecified atom stereocenters. The van der Waals surface area contributed by atoms with Gasteiger partial charge in [-0.3, -0.25) is 4.79 Å². The Morgan fingerprint density at radius 1 is 1.46 bits per heavy atom. The van der Waals surface area contributed by atoms with Crippen LogP contribution in [-0.2, 0) is 0 Å². The van der Waals surface area contributed by atoms with E-state index in [0.29, 0.717) is 12.2 Å². The van der Waals surface area contributed by atoms with Gasteiger partial charge in [0, 0.05) is 6.42 Å². The molecule has 13 heavy (non-hydrogen) atoms. The van der Waals surface area contributed by atoms with E-state index in [4.69, 9.17) is 4.42 Å². The van der Waals surface area contributed by atoms with Gasteiger partial charge in [-0.2, -0.15) is 0 Å². The van der Waals surface area contributed by atoms with E-state index in [-0.39, 0.29) is 43.5 Å². The number of carbonyl (C=O) groups excluding carboxylic acids is 1. The van der Waals surface area contributed by atoms with Crippen molar-refractivity contribution >= 4 is 43.5 Å². The van der Waals surface area contributed by atoms with Gasteiger partial charge >= 0.3 is 37.7 Å². The van der Waals surface area contributed by atoms with Crippen LogP contribution >= 0.6 is 0 Å². The van der Waals surface area contributed by atoms with Crippen LogP contribution in [0.15, 0.2) is 10.5 Å². The molecule has 0 atom stereocenters. The number of hydrogen-bond acceptors (Lipinski definition) is 2. The van der Waals surface area contributed by atoms with E-state index >= 15 is 0 Å². The van der Waals surface area contributed by atoms with E-state index in [1.54, 1.807) is 0 Å². The van der Waals surface area contributed by atoms with Gasteiger partial charge in [-0.15, -0.1) is 0 Å². The summed E-state index contributed by atoms with van der Waals surface area (Å²) in [5.41, 5.74) is 1.05. The summed E-state index contributed by atoms with van der Waals surface area (Å²) in [6.07, 6.45) is 1.45. The largest absolute Gasteiger partial charge is 2.00 e. The number of Topliss-reactive ketones (excluding diaryl/α,β-unsaturated/α-hetero) is 1. The Bertz CT molecular complexity index is 270. The average Bonchev–Trinajstić information content (AvgIpc) is 2.33. The fourth-order valence-electron chi connectivity index (χ4n) is 1.06. The molecule has 1 aromatic rings. The number of carbonyl (C=O) groups is 1. The molecule has 0 aromatic carbocycles. The fraction of sp³-hybridized carbons (Fsp3) is 0.500. The number of furan rings is 1. The first kappa shape index (κ1) is 13.2. The minimum atomic E-state index is 0. The molecule has 0 spiro atoms. The van der Waals surface area contributed by atoms with Crippen LogP contribution in [0.5, 0.6) is 0 Å². The van der Waals surface area contributed by atoms with Crippen LogP contribution in [0, 0.1) is 13.8 Å². The number of rotatable bonds is 3. The molecule has 1 rings (SSSR count). The Balaban J connectivity index is 0.00000144. The van der Waals surface area contributed by atoms with E-state index < -0.39 is 0 Å². The van der Waals surface area contributed by atoms with Crippen molar-refractivity contribution in [2.45, 2.75) is 33.6 Å². The molecule has 66 valence electrons. The number of ketones is 1.